The molecule has 0 aromatic carbocycles. The van der Waals surface area contributed by atoms with Crippen LogP contribution >= 0.6 is 7.37 Å². The fourth-order valence-electron chi connectivity index (χ4n) is 4.81. The van der Waals surface area contributed by atoms with Crippen molar-refractivity contribution in [1.29, 1.82) is 0 Å². The first-order chi connectivity index (χ1) is 16.5. The van der Waals surface area contributed by atoms with Crippen molar-refractivity contribution in [3.05, 3.63) is 11.9 Å². The number of hydrogen-bond donors (Lipinski definition) is 0. The summed E-state index contributed by atoms with van der Waals surface area (Å²) in [6.07, 6.45) is 30.4. The summed E-state index contributed by atoms with van der Waals surface area (Å²) in [6, 6.07) is 0. The van der Waals surface area contributed by atoms with Crippen molar-refractivity contribution >= 4 is 7.37 Å². The molecule has 0 saturated heterocycles. The van der Waals surface area contributed by atoms with Gasteiger partial charge in [0.25, 0.3) is 0 Å². The van der Waals surface area contributed by atoms with Gasteiger partial charge in [0.05, 0.1) is 6.10 Å². The summed E-state index contributed by atoms with van der Waals surface area (Å²) in [6.45, 7) is 10.9. The van der Waals surface area contributed by atoms with Crippen molar-refractivity contribution in [3.8, 4) is 0 Å². The zero-order valence-electron chi connectivity index (χ0n) is 24.1. The molecule has 0 heterocycles. The highest BCUT2D eigenvalue weighted by atomic mass is 31.2. The van der Waals surface area contributed by atoms with Gasteiger partial charge in [0, 0.05) is 6.66 Å². The maximum atomic E-state index is 13.4. The molecular formula is C31H63O2P. The van der Waals surface area contributed by atoms with Crippen molar-refractivity contribution in [3.63, 3.8) is 0 Å². The Balaban J connectivity index is 4.84. The Bertz CT molecular complexity index is 462. The molecule has 0 aromatic rings. The molecule has 0 fully saturated rings. The Morgan fingerprint density at radius 1 is 0.559 bits per heavy atom. The van der Waals surface area contributed by atoms with Crippen LogP contribution in [-0.4, -0.2) is 12.8 Å². The van der Waals surface area contributed by atoms with E-state index in [1.165, 1.54) is 128 Å². The Kier molecular flexibility index (Phi) is 24.6. The smallest absolute Gasteiger partial charge is 0.222 e. The van der Waals surface area contributed by atoms with Crippen LogP contribution in [0.15, 0.2) is 11.9 Å². The van der Waals surface area contributed by atoms with Gasteiger partial charge in [-0.3, -0.25) is 4.57 Å². The largest absolute Gasteiger partial charge is 0.323 e. The van der Waals surface area contributed by atoms with Crippen LogP contribution in [0.2, 0.25) is 0 Å². The van der Waals surface area contributed by atoms with Crippen LogP contribution in [-0.2, 0) is 9.09 Å². The van der Waals surface area contributed by atoms with E-state index >= 15 is 0 Å². The summed E-state index contributed by atoms with van der Waals surface area (Å²) in [5.41, 5.74) is 0. The van der Waals surface area contributed by atoms with Crippen LogP contribution in [0.3, 0.4) is 0 Å². The normalized spacial score (nSPS) is 14.0. The number of rotatable bonds is 26. The summed E-state index contributed by atoms with van der Waals surface area (Å²) in [5.74, 6) is 2.55. The average Bonchev–Trinajstić information content (AvgIpc) is 2.81. The second kappa shape index (κ2) is 24.6. The molecule has 0 saturated carbocycles. The summed E-state index contributed by atoms with van der Waals surface area (Å²) in [7, 11) is -2.70. The minimum absolute atomic E-state index is 0.163. The second-order valence-electron chi connectivity index (χ2n) is 10.8. The number of allylic oxidation sites excluding steroid dienone is 1. The van der Waals surface area contributed by atoms with E-state index in [9.17, 15) is 4.57 Å². The van der Waals surface area contributed by atoms with E-state index < -0.39 is 7.37 Å². The van der Waals surface area contributed by atoms with Crippen molar-refractivity contribution in [1.82, 2.24) is 0 Å². The summed E-state index contributed by atoms with van der Waals surface area (Å²) < 4.78 is 19.8. The van der Waals surface area contributed by atoms with Gasteiger partial charge in [-0.15, -0.1) is 0 Å². The van der Waals surface area contributed by atoms with Crippen LogP contribution in [0.5, 0.6) is 0 Å². The van der Waals surface area contributed by atoms with Gasteiger partial charge in [-0.25, -0.2) is 0 Å². The molecule has 0 radical (unpaired) electrons. The topological polar surface area (TPSA) is 26.3 Å². The van der Waals surface area contributed by atoms with Gasteiger partial charge in [-0.2, -0.15) is 0 Å². The van der Waals surface area contributed by atoms with Gasteiger partial charge in [-0.05, 0) is 37.4 Å². The lowest BCUT2D eigenvalue weighted by Gasteiger charge is -2.22. The molecule has 2 nitrogen and oxygen atoms in total. The molecule has 0 N–H and O–H groups in total. The Labute approximate surface area is 215 Å². The zero-order chi connectivity index (χ0) is 25.3. The van der Waals surface area contributed by atoms with Gasteiger partial charge < -0.3 is 4.52 Å². The molecular weight excluding hydrogens is 435 g/mol. The van der Waals surface area contributed by atoms with E-state index in [4.69, 9.17) is 4.52 Å². The van der Waals surface area contributed by atoms with E-state index in [0.29, 0.717) is 5.92 Å². The highest BCUT2D eigenvalue weighted by molar-refractivity contribution is 7.61. The molecule has 0 aliphatic carbocycles. The molecule has 1 unspecified atom stereocenters. The van der Waals surface area contributed by atoms with Crippen molar-refractivity contribution < 1.29 is 9.09 Å². The standard InChI is InChI=1S/C31H63O2P/c1-6-10-14-18-22-26-31(27-23-19-15-11-7-2)33-34(5,32)29-28-30(24-20-16-12-8-3)25-21-17-13-9-4/h28-31H,6-27H2,1-5H3/b29-28+. The fraction of sp³-hybridized carbons (Fsp3) is 0.935. The van der Waals surface area contributed by atoms with Crippen LogP contribution < -0.4 is 0 Å². The third-order valence-corrected chi connectivity index (χ3v) is 8.53. The average molecular weight is 499 g/mol. The fourth-order valence-corrected chi connectivity index (χ4v) is 6.24. The van der Waals surface area contributed by atoms with E-state index in [0.717, 1.165) is 12.8 Å². The van der Waals surface area contributed by atoms with E-state index in [1.54, 1.807) is 0 Å². The predicted octanol–water partition coefficient (Wildman–Crippen LogP) is 12.1. The maximum Gasteiger partial charge on any atom is 0.222 e. The zero-order valence-corrected chi connectivity index (χ0v) is 25.0. The third-order valence-electron chi connectivity index (χ3n) is 7.10. The van der Waals surface area contributed by atoms with Crippen molar-refractivity contribution in [2.45, 2.75) is 175 Å². The lowest BCUT2D eigenvalue weighted by molar-refractivity contribution is 0.180. The first-order valence-corrected chi connectivity index (χ1v) is 17.6. The van der Waals surface area contributed by atoms with Crippen molar-refractivity contribution in [2.75, 3.05) is 6.66 Å². The molecule has 0 spiro atoms. The Morgan fingerprint density at radius 2 is 0.912 bits per heavy atom. The molecule has 0 aliphatic rings. The summed E-state index contributed by atoms with van der Waals surface area (Å²) in [4.78, 5) is 0. The first kappa shape index (κ1) is 33.9. The van der Waals surface area contributed by atoms with E-state index in [1.807, 2.05) is 12.5 Å². The predicted molar refractivity (Wildman–Crippen MR) is 155 cm³/mol. The highest BCUT2D eigenvalue weighted by Crippen LogP contribution is 2.47. The van der Waals surface area contributed by atoms with Gasteiger partial charge in [-0.1, -0.05) is 149 Å². The van der Waals surface area contributed by atoms with E-state index in [-0.39, 0.29) is 6.10 Å². The van der Waals surface area contributed by atoms with Gasteiger partial charge >= 0.3 is 0 Å². The third kappa shape index (κ3) is 22.4. The minimum atomic E-state index is -2.70. The molecule has 34 heavy (non-hydrogen) atoms. The Hall–Kier alpha value is -0.0700. The summed E-state index contributed by atoms with van der Waals surface area (Å²) >= 11 is 0. The molecule has 0 rings (SSSR count). The SMILES string of the molecule is CCCCCCCC(CCCCCCC)OP(C)(=O)/C=C/C(CCCCCC)CCCCCC. The molecule has 0 aliphatic heterocycles. The quantitative estimate of drug-likeness (QED) is 0.0875. The van der Waals surface area contributed by atoms with Crippen LogP contribution in [0.4, 0.5) is 0 Å². The lowest BCUT2D eigenvalue weighted by Crippen LogP contribution is -2.11. The molecule has 0 aromatic heterocycles. The summed E-state index contributed by atoms with van der Waals surface area (Å²) in [5, 5.41) is 0. The minimum Gasteiger partial charge on any atom is -0.323 e. The van der Waals surface area contributed by atoms with E-state index in [2.05, 4.69) is 33.8 Å². The molecule has 1 atom stereocenters. The first-order valence-electron chi connectivity index (χ1n) is 15.4. The Morgan fingerprint density at radius 3 is 1.32 bits per heavy atom. The molecule has 3 heteroatoms. The molecule has 204 valence electrons. The van der Waals surface area contributed by atoms with Gasteiger partial charge in [0.15, 0.2) is 0 Å². The number of unbranched alkanes of at least 4 members (excludes halogenated alkanes) is 14. The van der Waals surface area contributed by atoms with Gasteiger partial charge in [0.2, 0.25) is 7.37 Å². The van der Waals surface area contributed by atoms with Gasteiger partial charge in [0.1, 0.15) is 0 Å². The maximum absolute atomic E-state index is 13.4. The van der Waals surface area contributed by atoms with Crippen molar-refractivity contribution in [2.24, 2.45) is 5.92 Å². The monoisotopic (exact) mass is 498 g/mol. The lowest BCUT2D eigenvalue weighted by atomic mass is 9.95. The second-order valence-corrected chi connectivity index (χ2v) is 13.2. The van der Waals surface area contributed by atoms with Crippen LogP contribution in [0.25, 0.3) is 0 Å². The number of hydrogen-bond acceptors (Lipinski definition) is 2. The highest BCUT2D eigenvalue weighted by Gasteiger charge is 2.20. The van der Waals surface area contributed by atoms with Crippen LogP contribution in [0.1, 0.15) is 169 Å². The molecule has 0 amide bonds. The molecule has 0 bridgehead atoms. The van der Waals surface area contributed by atoms with Crippen LogP contribution in [0, 0.1) is 5.92 Å².